The van der Waals surface area contributed by atoms with E-state index in [1.807, 2.05) is 33.8 Å². The Balaban J connectivity index is 1.89. The van der Waals surface area contributed by atoms with Crippen LogP contribution in [0, 0.1) is 6.92 Å². The molecule has 0 bridgehead atoms. The van der Waals surface area contributed by atoms with Gasteiger partial charge in [-0.15, -0.1) is 0 Å². The highest BCUT2D eigenvalue weighted by atomic mass is 19.4. The highest BCUT2D eigenvalue weighted by molar-refractivity contribution is 6.62. The summed E-state index contributed by atoms with van der Waals surface area (Å²) >= 11 is 0. The van der Waals surface area contributed by atoms with E-state index < -0.39 is 41.4 Å². The third kappa shape index (κ3) is 4.04. The average molecular weight is 490 g/mol. The van der Waals surface area contributed by atoms with Crippen molar-refractivity contribution in [3.8, 4) is 0 Å². The standard InChI is InChI=1S/C23H26BF3N4O4/c1-12-13(24-34-21(2,3)22(4,5)35-24)9-8-10-14(12)28-18-17-15(11-16(29-18)23(25,26)27)30(6)20(33)31(7)19(17)32/h8-11H,1-7H3,(H,28,29). The normalized spacial score (nSPS) is 17.3. The van der Waals surface area contributed by atoms with Gasteiger partial charge in [0.05, 0.1) is 16.7 Å². The molecule has 1 N–H and O–H groups in total. The van der Waals surface area contributed by atoms with E-state index in [0.29, 0.717) is 22.8 Å². The lowest BCUT2D eigenvalue weighted by atomic mass is 9.76. The third-order valence-corrected chi connectivity index (χ3v) is 6.88. The molecule has 0 radical (unpaired) electrons. The van der Waals surface area contributed by atoms with Crippen LogP contribution in [0.25, 0.3) is 10.9 Å². The van der Waals surface area contributed by atoms with E-state index in [-0.39, 0.29) is 16.7 Å². The number of fused-ring (bicyclic) bond motifs is 1. The van der Waals surface area contributed by atoms with Crippen molar-refractivity contribution in [2.45, 2.75) is 52.0 Å². The molecule has 0 aliphatic carbocycles. The first-order valence-corrected chi connectivity index (χ1v) is 11.0. The molecule has 0 spiro atoms. The Morgan fingerprint density at radius 2 is 1.63 bits per heavy atom. The van der Waals surface area contributed by atoms with Gasteiger partial charge in [-0.25, -0.2) is 9.78 Å². The van der Waals surface area contributed by atoms with E-state index in [1.165, 1.54) is 14.1 Å². The number of halogens is 3. The lowest BCUT2D eigenvalue weighted by molar-refractivity contribution is -0.141. The van der Waals surface area contributed by atoms with E-state index in [0.717, 1.165) is 9.13 Å². The van der Waals surface area contributed by atoms with Crippen molar-refractivity contribution in [2.75, 3.05) is 5.32 Å². The topological polar surface area (TPSA) is 87.4 Å². The van der Waals surface area contributed by atoms with E-state index in [4.69, 9.17) is 9.31 Å². The summed E-state index contributed by atoms with van der Waals surface area (Å²) in [5.74, 6) is -0.305. The molecule has 1 aromatic carbocycles. The molecule has 3 aromatic rings. The summed E-state index contributed by atoms with van der Waals surface area (Å²) < 4.78 is 55.0. The molecular formula is C23H26BF3N4O4. The molecule has 1 aliphatic rings. The van der Waals surface area contributed by atoms with Crippen molar-refractivity contribution in [3.63, 3.8) is 0 Å². The quantitative estimate of drug-likeness (QED) is 0.569. The molecule has 8 nitrogen and oxygen atoms in total. The fourth-order valence-corrected chi connectivity index (χ4v) is 3.97. The number of nitrogens with one attached hydrogen (secondary N) is 1. The predicted octanol–water partition coefficient (Wildman–Crippen LogP) is 3.00. The van der Waals surface area contributed by atoms with Crippen molar-refractivity contribution in [1.82, 2.24) is 14.1 Å². The zero-order chi connectivity index (χ0) is 26.1. The predicted molar refractivity (Wildman–Crippen MR) is 127 cm³/mol. The van der Waals surface area contributed by atoms with E-state index in [9.17, 15) is 22.8 Å². The van der Waals surface area contributed by atoms with Gasteiger partial charge in [0.15, 0.2) is 0 Å². The van der Waals surface area contributed by atoms with Crippen LogP contribution in [-0.2, 0) is 29.6 Å². The van der Waals surface area contributed by atoms with Gasteiger partial charge in [0, 0.05) is 19.8 Å². The number of rotatable bonds is 3. The molecule has 3 heterocycles. The van der Waals surface area contributed by atoms with E-state index >= 15 is 0 Å². The summed E-state index contributed by atoms with van der Waals surface area (Å²) in [6.07, 6.45) is -4.79. The monoisotopic (exact) mass is 490 g/mol. The Morgan fingerprint density at radius 3 is 2.20 bits per heavy atom. The molecule has 0 unspecified atom stereocenters. The van der Waals surface area contributed by atoms with Crippen molar-refractivity contribution >= 4 is 35.0 Å². The Morgan fingerprint density at radius 1 is 1.03 bits per heavy atom. The highest BCUT2D eigenvalue weighted by Crippen LogP contribution is 2.37. The smallest absolute Gasteiger partial charge is 0.399 e. The van der Waals surface area contributed by atoms with Gasteiger partial charge >= 0.3 is 19.0 Å². The van der Waals surface area contributed by atoms with E-state index in [1.54, 1.807) is 19.1 Å². The molecule has 0 atom stereocenters. The van der Waals surface area contributed by atoms with Gasteiger partial charge in [0.1, 0.15) is 16.9 Å². The molecule has 1 saturated heterocycles. The highest BCUT2D eigenvalue weighted by Gasteiger charge is 2.52. The summed E-state index contributed by atoms with van der Waals surface area (Å²) in [6.45, 7) is 9.45. The first-order valence-electron chi connectivity index (χ1n) is 11.0. The molecular weight excluding hydrogens is 464 g/mol. The third-order valence-electron chi connectivity index (χ3n) is 6.88. The summed E-state index contributed by atoms with van der Waals surface area (Å²) in [6, 6.07) is 5.88. The van der Waals surface area contributed by atoms with Gasteiger partial charge in [-0.3, -0.25) is 13.9 Å². The van der Waals surface area contributed by atoms with Gasteiger partial charge < -0.3 is 14.6 Å². The van der Waals surface area contributed by atoms with E-state index in [2.05, 4.69) is 10.3 Å². The van der Waals surface area contributed by atoms with Gasteiger partial charge in [-0.2, -0.15) is 13.2 Å². The second-order valence-electron chi connectivity index (χ2n) is 9.69. The number of pyridine rings is 1. The molecule has 0 amide bonds. The van der Waals surface area contributed by atoms with Crippen molar-refractivity contribution in [1.29, 1.82) is 0 Å². The van der Waals surface area contributed by atoms with Crippen LogP contribution in [0.3, 0.4) is 0 Å². The van der Waals surface area contributed by atoms with Crippen LogP contribution in [-0.4, -0.2) is 32.4 Å². The molecule has 1 fully saturated rings. The van der Waals surface area contributed by atoms with Crippen molar-refractivity contribution in [2.24, 2.45) is 14.1 Å². The largest absolute Gasteiger partial charge is 0.495 e. The van der Waals surface area contributed by atoms with Crippen LogP contribution >= 0.6 is 0 Å². The number of benzene rings is 1. The van der Waals surface area contributed by atoms with Crippen LogP contribution in [0.5, 0.6) is 0 Å². The summed E-state index contributed by atoms with van der Waals surface area (Å²) in [5.41, 5.74) is -2.31. The fourth-order valence-electron chi connectivity index (χ4n) is 3.97. The first kappa shape index (κ1) is 25.0. The molecule has 4 rings (SSSR count). The Bertz CT molecular complexity index is 1440. The van der Waals surface area contributed by atoms with Gasteiger partial charge in [-0.05, 0) is 57.8 Å². The molecule has 2 aromatic heterocycles. The summed E-state index contributed by atoms with van der Waals surface area (Å²) in [7, 11) is 1.87. The minimum atomic E-state index is -4.79. The number of alkyl halides is 3. The molecule has 186 valence electrons. The number of hydrogen-bond acceptors (Lipinski definition) is 6. The van der Waals surface area contributed by atoms with Crippen molar-refractivity contribution in [3.05, 3.63) is 56.4 Å². The Hall–Kier alpha value is -3.12. The van der Waals surface area contributed by atoms with Crippen molar-refractivity contribution < 1.29 is 22.5 Å². The first-order chi connectivity index (χ1) is 16.0. The van der Waals surface area contributed by atoms with Gasteiger partial charge in [0.25, 0.3) is 5.56 Å². The lowest BCUT2D eigenvalue weighted by Gasteiger charge is -2.32. The molecule has 12 heteroatoms. The van der Waals surface area contributed by atoms with Gasteiger partial charge in [-0.1, -0.05) is 12.1 Å². The number of aromatic nitrogens is 3. The maximum Gasteiger partial charge on any atom is 0.495 e. The maximum atomic E-state index is 13.6. The molecule has 35 heavy (non-hydrogen) atoms. The Kier molecular flexibility index (Phi) is 5.68. The van der Waals surface area contributed by atoms with Crippen LogP contribution in [0.2, 0.25) is 0 Å². The van der Waals surface area contributed by atoms with Crippen LogP contribution in [0.15, 0.2) is 33.9 Å². The van der Waals surface area contributed by atoms with Crippen LogP contribution in [0.4, 0.5) is 24.7 Å². The fraction of sp³-hybridized carbons (Fsp3) is 0.435. The minimum absolute atomic E-state index is 0.136. The number of hydrogen-bond donors (Lipinski definition) is 1. The maximum absolute atomic E-state index is 13.6. The SMILES string of the molecule is Cc1c(Nc2nc(C(F)(F)F)cc3c2c(=O)n(C)c(=O)n3C)cccc1B1OC(C)(C)C(C)(C)O1. The lowest BCUT2D eigenvalue weighted by Crippen LogP contribution is -2.41. The Labute approximate surface area is 199 Å². The number of nitrogens with zero attached hydrogens (tertiary/aromatic N) is 3. The number of aryl methyl sites for hydroxylation is 1. The molecule has 1 aliphatic heterocycles. The summed E-state index contributed by atoms with van der Waals surface area (Å²) in [5, 5.41) is 2.76. The second-order valence-corrected chi connectivity index (χ2v) is 9.69. The van der Waals surface area contributed by atoms with Crippen LogP contribution < -0.4 is 22.0 Å². The molecule has 0 saturated carbocycles. The second kappa shape index (κ2) is 7.96. The minimum Gasteiger partial charge on any atom is -0.399 e. The average Bonchev–Trinajstić information content (AvgIpc) is 2.97. The van der Waals surface area contributed by atoms with Crippen LogP contribution in [0.1, 0.15) is 39.0 Å². The van der Waals surface area contributed by atoms with Gasteiger partial charge in [0.2, 0.25) is 0 Å². The zero-order valence-corrected chi connectivity index (χ0v) is 20.5. The summed E-state index contributed by atoms with van der Waals surface area (Å²) in [4.78, 5) is 29.0. The number of anilines is 2. The zero-order valence-electron chi connectivity index (χ0n) is 20.5.